The molecule has 2 aromatic rings. The molecule has 0 unspecified atom stereocenters. The van der Waals surface area contributed by atoms with Crippen LogP contribution in [0.3, 0.4) is 0 Å². The molecule has 124 valence electrons. The fourth-order valence-corrected chi connectivity index (χ4v) is 4.47. The Hall–Kier alpha value is -2.31. The smallest absolute Gasteiger partial charge is 0.265 e. The van der Waals surface area contributed by atoms with Gasteiger partial charge in [-0.3, -0.25) is 9.10 Å². The summed E-state index contributed by atoms with van der Waals surface area (Å²) in [5, 5.41) is 3.09. The summed E-state index contributed by atoms with van der Waals surface area (Å²) in [5.74, 6) is -0.404. The summed E-state index contributed by atoms with van der Waals surface area (Å²) in [6.45, 7) is 3.49. The van der Waals surface area contributed by atoms with Gasteiger partial charge in [-0.05, 0) is 24.3 Å². The van der Waals surface area contributed by atoms with Gasteiger partial charge in [0.05, 0.1) is 10.6 Å². The first kappa shape index (κ1) is 16.5. The van der Waals surface area contributed by atoms with Crippen molar-refractivity contribution in [2.45, 2.75) is 4.90 Å². The Kier molecular flexibility index (Phi) is 4.34. The first-order valence-corrected chi connectivity index (χ1v) is 9.06. The SMILES string of the molecule is C=CCNC(=O)CN1c2ccc(Cl)cc2-c2ccccc2S1(=O)=O. The van der Waals surface area contributed by atoms with Crippen LogP contribution >= 0.6 is 11.6 Å². The zero-order valence-corrected chi connectivity index (χ0v) is 14.3. The molecule has 24 heavy (non-hydrogen) atoms. The predicted molar refractivity (Wildman–Crippen MR) is 94.6 cm³/mol. The maximum atomic E-state index is 13.0. The van der Waals surface area contributed by atoms with Crippen LogP contribution in [0.25, 0.3) is 11.1 Å². The van der Waals surface area contributed by atoms with Crippen molar-refractivity contribution in [2.75, 3.05) is 17.4 Å². The van der Waals surface area contributed by atoms with E-state index in [-0.39, 0.29) is 18.0 Å². The molecule has 2 aromatic carbocycles. The van der Waals surface area contributed by atoms with Crippen LogP contribution in [-0.4, -0.2) is 27.4 Å². The Morgan fingerprint density at radius 3 is 2.71 bits per heavy atom. The quantitative estimate of drug-likeness (QED) is 0.850. The Morgan fingerprint density at radius 1 is 1.21 bits per heavy atom. The molecule has 0 radical (unpaired) electrons. The number of nitrogens with one attached hydrogen (secondary N) is 1. The van der Waals surface area contributed by atoms with Crippen molar-refractivity contribution in [2.24, 2.45) is 0 Å². The number of carbonyl (C=O) groups excluding carboxylic acids is 1. The van der Waals surface area contributed by atoms with E-state index < -0.39 is 15.9 Å². The lowest BCUT2D eigenvalue weighted by molar-refractivity contribution is -0.119. The predicted octanol–water partition coefficient (Wildman–Crippen LogP) is 2.82. The number of hydrogen-bond acceptors (Lipinski definition) is 3. The number of carbonyl (C=O) groups is 1. The molecule has 0 aliphatic carbocycles. The summed E-state index contributed by atoms with van der Waals surface area (Å²) in [6, 6.07) is 11.6. The minimum Gasteiger partial charge on any atom is -0.351 e. The number of anilines is 1. The maximum absolute atomic E-state index is 13.0. The van der Waals surface area contributed by atoms with Crippen molar-refractivity contribution in [1.29, 1.82) is 0 Å². The third-order valence-electron chi connectivity index (χ3n) is 3.70. The van der Waals surface area contributed by atoms with Gasteiger partial charge in [-0.15, -0.1) is 6.58 Å². The molecule has 1 heterocycles. The van der Waals surface area contributed by atoms with E-state index in [1.807, 2.05) is 0 Å². The molecule has 5 nitrogen and oxygen atoms in total. The highest BCUT2D eigenvalue weighted by Crippen LogP contribution is 2.43. The summed E-state index contributed by atoms with van der Waals surface area (Å²) in [4.78, 5) is 12.2. The van der Waals surface area contributed by atoms with Crippen molar-refractivity contribution in [3.05, 3.63) is 60.1 Å². The number of nitrogens with zero attached hydrogens (tertiary/aromatic N) is 1. The average Bonchev–Trinajstić information content (AvgIpc) is 2.57. The summed E-state index contributed by atoms with van der Waals surface area (Å²) in [7, 11) is -3.83. The molecule has 1 aliphatic heterocycles. The third kappa shape index (κ3) is 2.79. The molecule has 1 N–H and O–H groups in total. The van der Waals surface area contributed by atoms with Crippen LogP contribution in [0.15, 0.2) is 60.0 Å². The molecule has 0 atom stereocenters. The first-order valence-electron chi connectivity index (χ1n) is 7.24. The van der Waals surface area contributed by atoms with Crippen molar-refractivity contribution < 1.29 is 13.2 Å². The van der Waals surface area contributed by atoms with Crippen LogP contribution in [0.1, 0.15) is 0 Å². The van der Waals surface area contributed by atoms with Crippen LogP contribution in [0, 0.1) is 0 Å². The molecule has 0 bridgehead atoms. The Morgan fingerprint density at radius 2 is 1.96 bits per heavy atom. The van der Waals surface area contributed by atoms with Gasteiger partial charge in [0.15, 0.2) is 0 Å². The minimum atomic E-state index is -3.83. The molecular weight excluding hydrogens is 348 g/mol. The number of amides is 1. The number of hydrogen-bond donors (Lipinski definition) is 1. The highest BCUT2D eigenvalue weighted by atomic mass is 35.5. The Labute approximate surface area is 145 Å². The van der Waals surface area contributed by atoms with E-state index in [1.54, 1.807) is 36.4 Å². The number of benzene rings is 2. The van der Waals surface area contributed by atoms with E-state index in [1.165, 1.54) is 12.1 Å². The van der Waals surface area contributed by atoms with Gasteiger partial charge in [-0.25, -0.2) is 8.42 Å². The molecule has 3 rings (SSSR count). The topological polar surface area (TPSA) is 66.5 Å². The lowest BCUT2D eigenvalue weighted by Gasteiger charge is -2.31. The second-order valence-corrected chi connectivity index (χ2v) is 7.53. The Bertz CT molecular complexity index is 925. The minimum absolute atomic E-state index is 0.163. The van der Waals surface area contributed by atoms with Gasteiger partial charge in [-0.1, -0.05) is 35.9 Å². The van der Waals surface area contributed by atoms with Crippen LogP contribution in [0.4, 0.5) is 5.69 Å². The highest BCUT2D eigenvalue weighted by Gasteiger charge is 2.35. The van der Waals surface area contributed by atoms with E-state index in [9.17, 15) is 13.2 Å². The van der Waals surface area contributed by atoms with Gasteiger partial charge in [0, 0.05) is 22.7 Å². The Balaban J connectivity index is 2.14. The molecule has 0 aromatic heterocycles. The molecule has 1 amide bonds. The van der Waals surface area contributed by atoms with E-state index in [2.05, 4.69) is 11.9 Å². The van der Waals surface area contributed by atoms with Crippen molar-refractivity contribution >= 4 is 33.2 Å². The zero-order valence-electron chi connectivity index (χ0n) is 12.7. The van der Waals surface area contributed by atoms with E-state index in [0.717, 1.165) is 4.31 Å². The van der Waals surface area contributed by atoms with E-state index in [0.29, 0.717) is 21.8 Å². The monoisotopic (exact) mass is 362 g/mol. The average molecular weight is 363 g/mol. The molecule has 0 spiro atoms. The standard InChI is InChI=1S/C17H15ClN2O3S/c1-2-9-19-17(21)11-20-15-8-7-12(18)10-14(15)13-5-3-4-6-16(13)24(20,22)23/h2-8,10H,1,9,11H2,(H,19,21). The summed E-state index contributed by atoms with van der Waals surface area (Å²) in [5.41, 5.74) is 1.70. The number of sulfonamides is 1. The number of halogens is 1. The second-order valence-electron chi connectivity index (χ2n) is 5.26. The maximum Gasteiger partial charge on any atom is 0.265 e. The molecule has 0 fully saturated rings. The van der Waals surface area contributed by atoms with Gasteiger partial charge in [-0.2, -0.15) is 0 Å². The number of fused-ring (bicyclic) bond motifs is 3. The normalized spacial score (nSPS) is 14.5. The molecule has 0 saturated heterocycles. The largest absolute Gasteiger partial charge is 0.351 e. The van der Waals surface area contributed by atoms with Gasteiger partial charge >= 0.3 is 0 Å². The zero-order chi connectivity index (χ0) is 17.3. The lowest BCUT2D eigenvalue weighted by Crippen LogP contribution is -2.42. The van der Waals surface area contributed by atoms with E-state index in [4.69, 9.17) is 11.6 Å². The van der Waals surface area contributed by atoms with Crippen LogP contribution < -0.4 is 9.62 Å². The van der Waals surface area contributed by atoms with Gasteiger partial charge in [0.25, 0.3) is 10.0 Å². The fraction of sp³-hybridized carbons (Fsp3) is 0.118. The van der Waals surface area contributed by atoms with Crippen LogP contribution in [0.2, 0.25) is 5.02 Å². The van der Waals surface area contributed by atoms with E-state index >= 15 is 0 Å². The van der Waals surface area contributed by atoms with Gasteiger partial charge in [0.1, 0.15) is 6.54 Å². The van der Waals surface area contributed by atoms with Crippen LogP contribution in [0.5, 0.6) is 0 Å². The van der Waals surface area contributed by atoms with Gasteiger partial charge < -0.3 is 5.32 Å². The molecular formula is C17H15ClN2O3S. The fourth-order valence-electron chi connectivity index (χ4n) is 2.65. The van der Waals surface area contributed by atoms with Gasteiger partial charge in [0.2, 0.25) is 5.91 Å². The molecule has 7 heteroatoms. The molecule has 0 saturated carbocycles. The second kappa shape index (κ2) is 6.30. The summed E-state index contributed by atoms with van der Waals surface area (Å²) < 4.78 is 27.0. The first-order chi connectivity index (χ1) is 11.4. The van der Waals surface area contributed by atoms with Crippen molar-refractivity contribution in [3.8, 4) is 11.1 Å². The lowest BCUT2D eigenvalue weighted by atomic mass is 10.0. The van der Waals surface area contributed by atoms with Crippen molar-refractivity contribution in [3.63, 3.8) is 0 Å². The molecule has 1 aliphatic rings. The van der Waals surface area contributed by atoms with Crippen LogP contribution in [-0.2, 0) is 14.8 Å². The third-order valence-corrected chi connectivity index (χ3v) is 5.76. The van der Waals surface area contributed by atoms with Crippen molar-refractivity contribution in [1.82, 2.24) is 5.32 Å². The number of rotatable bonds is 4. The summed E-state index contributed by atoms with van der Waals surface area (Å²) in [6.07, 6.45) is 1.53. The summed E-state index contributed by atoms with van der Waals surface area (Å²) >= 11 is 6.08. The highest BCUT2D eigenvalue weighted by molar-refractivity contribution is 7.93.